The number of fused-ring (bicyclic) bond motifs is 2. The molecule has 4 heteroatoms. The number of carbonyl (C=O) groups excluding carboxylic acids is 1. The molecule has 0 aromatic rings. The maximum Gasteiger partial charge on any atom is 0.226 e. The second-order valence-corrected chi connectivity index (χ2v) is 6.82. The number of nitrogens with zero attached hydrogens (tertiary/aromatic N) is 1. The molecule has 5 unspecified atom stereocenters. The highest BCUT2D eigenvalue weighted by Crippen LogP contribution is 2.39. The minimum atomic E-state index is -0.201. The van der Waals surface area contributed by atoms with E-state index in [2.05, 4.69) is 11.8 Å². The number of hydrogen-bond acceptors (Lipinski definition) is 3. The fourth-order valence-electron chi connectivity index (χ4n) is 4.45. The van der Waals surface area contributed by atoms with Crippen molar-refractivity contribution >= 4 is 5.91 Å². The number of piperidine rings is 1. The molecule has 2 aliphatic heterocycles. The van der Waals surface area contributed by atoms with Crippen LogP contribution in [0.1, 0.15) is 51.9 Å². The molecule has 5 atom stereocenters. The van der Waals surface area contributed by atoms with E-state index < -0.39 is 0 Å². The lowest BCUT2D eigenvalue weighted by atomic mass is 9.76. The van der Waals surface area contributed by atoms with Gasteiger partial charge < -0.3 is 15.7 Å². The third-order valence-electron chi connectivity index (χ3n) is 5.64. The van der Waals surface area contributed by atoms with Crippen LogP contribution in [-0.2, 0) is 4.79 Å². The van der Waals surface area contributed by atoms with E-state index in [1.807, 2.05) is 0 Å². The van der Waals surface area contributed by atoms with Crippen molar-refractivity contribution in [3.8, 4) is 0 Å². The fourth-order valence-corrected chi connectivity index (χ4v) is 4.45. The van der Waals surface area contributed by atoms with Gasteiger partial charge in [0.15, 0.2) is 0 Å². The third-order valence-corrected chi connectivity index (χ3v) is 5.64. The van der Waals surface area contributed by atoms with Crippen LogP contribution in [0, 0.1) is 11.8 Å². The van der Waals surface area contributed by atoms with Crippen molar-refractivity contribution in [1.82, 2.24) is 4.90 Å². The van der Waals surface area contributed by atoms with Crippen molar-refractivity contribution in [2.24, 2.45) is 17.6 Å². The highest BCUT2D eigenvalue weighted by molar-refractivity contribution is 5.80. The minimum Gasteiger partial charge on any atom is -0.393 e. The lowest BCUT2D eigenvalue weighted by molar-refractivity contribution is -0.145. The van der Waals surface area contributed by atoms with Crippen molar-refractivity contribution < 1.29 is 9.90 Å². The molecule has 1 amide bonds. The van der Waals surface area contributed by atoms with E-state index in [1.54, 1.807) is 0 Å². The second-order valence-electron chi connectivity index (χ2n) is 6.82. The van der Waals surface area contributed by atoms with Crippen molar-refractivity contribution in [2.75, 3.05) is 0 Å². The summed E-state index contributed by atoms with van der Waals surface area (Å²) in [6.07, 6.45) is 6.61. The van der Waals surface area contributed by atoms with Crippen molar-refractivity contribution in [3.63, 3.8) is 0 Å². The van der Waals surface area contributed by atoms with E-state index in [0.717, 1.165) is 44.9 Å². The van der Waals surface area contributed by atoms with Gasteiger partial charge in [-0.3, -0.25) is 4.79 Å². The van der Waals surface area contributed by atoms with Crippen LogP contribution in [0.15, 0.2) is 0 Å². The van der Waals surface area contributed by atoms with Gasteiger partial charge in [-0.15, -0.1) is 0 Å². The maximum atomic E-state index is 12.9. The minimum absolute atomic E-state index is 0.113. The Morgan fingerprint density at radius 3 is 2.42 bits per heavy atom. The summed E-state index contributed by atoms with van der Waals surface area (Å²) in [5, 5.41) is 9.84. The Morgan fingerprint density at radius 2 is 1.79 bits per heavy atom. The highest BCUT2D eigenvalue weighted by atomic mass is 16.3. The molecule has 4 nitrogen and oxygen atoms in total. The molecule has 108 valence electrons. The Morgan fingerprint density at radius 1 is 1.16 bits per heavy atom. The predicted molar refractivity (Wildman–Crippen MR) is 73.4 cm³/mol. The van der Waals surface area contributed by atoms with E-state index in [4.69, 9.17) is 5.73 Å². The average molecular weight is 266 g/mol. The lowest BCUT2D eigenvalue weighted by Gasteiger charge is -2.42. The van der Waals surface area contributed by atoms with Crippen LogP contribution >= 0.6 is 0 Å². The van der Waals surface area contributed by atoms with Gasteiger partial charge in [-0.25, -0.2) is 0 Å². The van der Waals surface area contributed by atoms with Crippen LogP contribution in [0.25, 0.3) is 0 Å². The molecular weight excluding hydrogens is 240 g/mol. The van der Waals surface area contributed by atoms with Gasteiger partial charge in [-0.05, 0) is 44.4 Å². The maximum absolute atomic E-state index is 12.9. The van der Waals surface area contributed by atoms with Gasteiger partial charge >= 0.3 is 0 Å². The molecule has 0 aromatic carbocycles. The standard InChI is InChI=1S/C15H26N2O2/c1-9-13(3-2-4-14(9)16)15(19)17-10-5-6-11(17)8-12(18)7-10/h9-14,18H,2-8,16H2,1H3. The third kappa shape index (κ3) is 2.29. The number of amides is 1. The zero-order chi connectivity index (χ0) is 13.6. The van der Waals surface area contributed by atoms with Crippen molar-refractivity contribution in [1.29, 1.82) is 0 Å². The second kappa shape index (κ2) is 5.06. The normalized spacial score (nSPS) is 46.4. The lowest BCUT2D eigenvalue weighted by Crippen LogP contribution is -2.53. The van der Waals surface area contributed by atoms with E-state index in [0.29, 0.717) is 11.8 Å². The molecule has 3 aliphatic rings. The summed E-state index contributed by atoms with van der Waals surface area (Å²) in [6.45, 7) is 2.13. The van der Waals surface area contributed by atoms with E-state index in [1.165, 1.54) is 0 Å². The molecule has 1 saturated carbocycles. The number of rotatable bonds is 1. The number of hydrogen-bond donors (Lipinski definition) is 2. The summed E-state index contributed by atoms with van der Waals surface area (Å²) in [5.74, 6) is 0.733. The summed E-state index contributed by atoms with van der Waals surface area (Å²) in [6, 6.07) is 0.744. The number of aliphatic hydroxyl groups is 1. The SMILES string of the molecule is CC1C(N)CCCC1C(=O)N1C2CCC1CC(O)C2. The number of carbonyl (C=O) groups is 1. The molecule has 3 N–H and O–H groups in total. The molecule has 3 fully saturated rings. The average Bonchev–Trinajstić information content (AvgIpc) is 2.64. The predicted octanol–water partition coefficient (Wildman–Crippen LogP) is 1.26. The van der Waals surface area contributed by atoms with E-state index >= 15 is 0 Å². The van der Waals surface area contributed by atoms with Gasteiger partial charge in [-0.2, -0.15) is 0 Å². The molecule has 3 rings (SSSR count). The Balaban J connectivity index is 1.74. The van der Waals surface area contributed by atoms with Crippen LogP contribution in [0.4, 0.5) is 0 Å². The zero-order valence-electron chi connectivity index (χ0n) is 11.8. The van der Waals surface area contributed by atoms with Gasteiger partial charge in [0, 0.05) is 24.0 Å². The first kappa shape index (κ1) is 13.4. The van der Waals surface area contributed by atoms with Crippen LogP contribution in [0.2, 0.25) is 0 Å². The van der Waals surface area contributed by atoms with E-state index in [-0.39, 0.29) is 30.1 Å². The molecular formula is C15H26N2O2. The van der Waals surface area contributed by atoms with Gasteiger partial charge in [0.05, 0.1) is 6.10 Å². The smallest absolute Gasteiger partial charge is 0.226 e. The Bertz CT molecular complexity index is 346. The Hall–Kier alpha value is -0.610. The van der Waals surface area contributed by atoms with Gasteiger partial charge in [-0.1, -0.05) is 13.3 Å². The molecule has 0 aromatic heterocycles. The topological polar surface area (TPSA) is 66.6 Å². The molecule has 2 bridgehead atoms. The summed E-state index contributed by atoms with van der Waals surface area (Å²) in [7, 11) is 0. The first-order valence-corrected chi connectivity index (χ1v) is 7.83. The van der Waals surface area contributed by atoms with E-state index in [9.17, 15) is 9.90 Å². The van der Waals surface area contributed by atoms with Gasteiger partial charge in [0.1, 0.15) is 0 Å². The first-order valence-electron chi connectivity index (χ1n) is 7.83. The molecule has 19 heavy (non-hydrogen) atoms. The summed E-state index contributed by atoms with van der Waals surface area (Å²) in [4.78, 5) is 15.0. The summed E-state index contributed by atoms with van der Waals surface area (Å²) >= 11 is 0. The van der Waals surface area contributed by atoms with Crippen LogP contribution < -0.4 is 5.73 Å². The summed E-state index contributed by atoms with van der Waals surface area (Å²) < 4.78 is 0. The molecule has 1 aliphatic carbocycles. The van der Waals surface area contributed by atoms with Crippen LogP contribution in [0.3, 0.4) is 0 Å². The van der Waals surface area contributed by atoms with Crippen molar-refractivity contribution in [2.45, 2.75) is 76.1 Å². The largest absolute Gasteiger partial charge is 0.393 e. The summed E-state index contributed by atoms with van der Waals surface area (Å²) in [5.41, 5.74) is 6.13. The van der Waals surface area contributed by atoms with Crippen LogP contribution in [-0.4, -0.2) is 40.1 Å². The molecule has 2 heterocycles. The highest BCUT2D eigenvalue weighted by Gasteiger charge is 2.46. The quantitative estimate of drug-likeness (QED) is 0.751. The zero-order valence-corrected chi connectivity index (χ0v) is 11.8. The number of aliphatic hydroxyl groups excluding tert-OH is 1. The van der Waals surface area contributed by atoms with Gasteiger partial charge in [0.2, 0.25) is 5.91 Å². The Labute approximate surface area is 115 Å². The molecule has 0 radical (unpaired) electrons. The first-order chi connectivity index (χ1) is 9.08. The molecule has 0 spiro atoms. The van der Waals surface area contributed by atoms with Crippen LogP contribution in [0.5, 0.6) is 0 Å². The van der Waals surface area contributed by atoms with Gasteiger partial charge in [0.25, 0.3) is 0 Å². The number of nitrogens with two attached hydrogens (primary N) is 1. The fraction of sp³-hybridized carbons (Fsp3) is 0.933. The molecule has 2 saturated heterocycles. The monoisotopic (exact) mass is 266 g/mol. The Kier molecular flexibility index (Phi) is 3.56. The van der Waals surface area contributed by atoms with Crippen molar-refractivity contribution in [3.05, 3.63) is 0 Å².